The second-order valence-electron chi connectivity index (χ2n) is 4.16. The molecule has 0 aliphatic carbocycles. The fourth-order valence-electron chi connectivity index (χ4n) is 1.49. The van der Waals surface area contributed by atoms with Gasteiger partial charge >= 0.3 is 11.9 Å². The van der Waals surface area contributed by atoms with Gasteiger partial charge in [0, 0.05) is 5.02 Å². The molecule has 0 saturated carbocycles. The third-order valence-electron chi connectivity index (χ3n) is 2.61. The van der Waals surface area contributed by atoms with E-state index in [1.54, 1.807) is 0 Å². The fraction of sp³-hybridized carbons (Fsp3) is 0. The summed E-state index contributed by atoms with van der Waals surface area (Å²) < 4.78 is 25.3. The van der Waals surface area contributed by atoms with Crippen molar-refractivity contribution in [1.82, 2.24) is 0 Å². The van der Waals surface area contributed by atoms with Crippen LogP contribution in [0.1, 0.15) is 20.7 Å². The summed E-state index contributed by atoms with van der Waals surface area (Å²) in [5.74, 6) is -4.04. The van der Waals surface area contributed by atoms with Gasteiger partial charge in [0.25, 0.3) is 0 Å². The van der Waals surface area contributed by atoms with Crippen LogP contribution < -0.4 is 11.5 Å². The summed E-state index contributed by atoms with van der Waals surface area (Å²) in [6.07, 6.45) is 0. The second kappa shape index (κ2) is 7.41. The molecule has 0 heterocycles. The molecular formula is C14H11ClF2N2O4. The highest BCUT2D eigenvalue weighted by molar-refractivity contribution is 6.31. The number of hydrogen-bond acceptors (Lipinski definition) is 4. The van der Waals surface area contributed by atoms with Gasteiger partial charge in [0.1, 0.15) is 11.6 Å². The van der Waals surface area contributed by atoms with Crippen molar-refractivity contribution in [2.45, 2.75) is 0 Å². The van der Waals surface area contributed by atoms with Crippen LogP contribution in [0.4, 0.5) is 20.2 Å². The molecule has 2 rings (SSSR count). The van der Waals surface area contributed by atoms with Crippen molar-refractivity contribution in [3.63, 3.8) is 0 Å². The minimum absolute atomic E-state index is 0.0131. The highest BCUT2D eigenvalue weighted by Gasteiger charge is 2.12. The van der Waals surface area contributed by atoms with Gasteiger partial charge in [-0.3, -0.25) is 0 Å². The lowest BCUT2D eigenvalue weighted by Crippen LogP contribution is -2.04. The zero-order valence-corrected chi connectivity index (χ0v) is 12.1. The summed E-state index contributed by atoms with van der Waals surface area (Å²) >= 11 is 5.41. The molecule has 0 unspecified atom stereocenters. The molecule has 0 spiro atoms. The Bertz CT molecular complexity index is 769. The Labute approximate surface area is 133 Å². The Morgan fingerprint density at radius 2 is 1.43 bits per heavy atom. The lowest BCUT2D eigenvalue weighted by Gasteiger charge is -2.01. The van der Waals surface area contributed by atoms with Crippen LogP contribution in [-0.4, -0.2) is 22.2 Å². The fourth-order valence-corrected chi connectivity index (χ4v) is 1.69. The quantitative estimate of drug-likeness (QED) is 0.620. The van der Waals surface area contributed by atoms with E-state index in [-0.39, 0.29) is 21.8 Å². The molecule has 0 radical (unpaired) electrons. The van der Waals surface area contributed by atoms with Crippen LogP contribution in [0.15, 0.2) is 30.3 Å². The van der Waals surface area contributed by atoms with E-state index in [0.29, 0.717) is 0 Å². The zero-order chi connectivity index (χ0) is 17.7. The molecule has 0 aliphatic rings. The van der Waals surface area contributed by atoms with Gasteiger partial charge in [0.15, 0.2) is 0 Å². The molecule has 0 bridgehead atoms. The van der Waals surface area contributed by atoms with Gasteiger partial charge in [-0.1, -0.05) is 17.7 Å². The van der Waals surface area contributed by atoms with Crippen molar-refractivity contribution in [2.24, 2.45) is 0 Å². The Morgan fingerprint density at radius 3 is 1.91 bits per heavy atom. The Hall–Kier alpha value is -2.87. The predicted molar refractivity (Wildman–Crippen MR) is 80.6 cm³/mol. The summed E-state index contributed by atoms with van der Waals surface area (Å²) in [5, 5.41) is 17.0. The minimum Gasteiger partial charge on any atom is -0.478 e. The van der Waals surface area contributed by atoms with Crippen molar-refractivity contribution in [3.05, 3.63) is 58.1 Å². The number of nitrogen functional groups attached to an aromatic ring is 2. The van der Waals surface area contributed by atoms with Gasteiger partial charge in [-0.25, -0.2) is 18.4 Å². The Balaban J connectivity index is 0.000000231. The van der Waals surface area contributed by atoms with E-state index in [0.717, 1.165) is 18.2 Å². The number of anilines is 2. The van der Waals surface area contributed by atoms with E-state index in [1.807, 2.05) is 0 Å². The first-order chi connectivity index (χ1) is 10.6. The zero-order valence-electron chi connectivity index (χ0n) is 11.4. The third kappa shape index (κ3) is 4.55. The minimum atomic E-state index is -1.30. The summed E-state index contributed by atoms with van der Waals surface area (Å²) in [7, 11) is 0. The maximum atomic E-state index is 12.7. The first-order valence-electron chi connectivity index (χ1n) is 5.90. The number of aromatic carboxylic acids is 2. The number of benzene rings is 2. The molecule has 2 aromatic rings. The van der Waals surface area contributed by atoms with Gasteiger partial charge in [-0.15, -0.1) is 0 Å². The lowest BCUT2D eigenvalue weighted by atomic mass is 10.2. The van der Waals surface area contributed by atoms with Crippen LogP contribution in [-0.2, 0) is 0 Å². The topological polar surface area (TPSA) is 127 Å². The molecule has 0 aliphatic heterocycles. The van der Waals surface area contributed by atoms with E-state index in [9.17, 15) is 18.4 Å². The van der Waals surface area contributed by atoms with Crippen LogP contribution in [0.2, 0.25) is 5.02 Å². The summed E-state index contributed by atoms with van der Waals surface area (Å²) in [6.45, 7) is 0. The molecule has 6 N–H and O–H groups in total. The third-order valence-corrected chi connectivity index (χ3v) is 2.83. The molecule has 0 amide bonds. The SMILES string of the molecule is Nc1c(F)cc(Cl)cc1C(=O)O.Nc1c(F)cccc1C(=O)O. The predicted octanol–water partition coefficient (Wildman–Crippen LogP) is 2.87. The number of hydrogen-bond donors (Lipinski definition) is 4. The molecule has 0 saturated heterocycles. The number of carboxylic acids is 2. The smallest absolute Gasteiger partial charge is 0.337 e. The number of nitrogens with two attached hydrogens (primary N) is 2. The summed E-state index contributed by atoms with van der Waals surface area (Å²) in [6, 6.07) is 5.73. The molecule has 122 valence electrons. The number of para-hydroxylation sites is 1. The number of halogens is 3. The van der Waals surface area contributed by atoms with Gasteiger partial charge in [0.05, 0.1) is 22.5 Å². The van der Waals surface area contributed by atoms with Gasteiger partial charge in [0.2, 0.25) is 0 Å². The highest BCUT2D eigenvalue weighted by atomic mass is 35.5. The number of carbonyl (C=O) groups is 2. The van der Waals surface area contributed by atoms with Crippen LogP contribution in [0, 0.1) is 11.6 Å². The first kappa shape index (κ1) is 18.2. The van der Waals surface area contributed by atoms with Crippen LogP contribution in [0.3, 0.4) is 0 Å². The number of rotatable bonds is 2. The van der Waals surface area contributed by atoms with E-state index in [4.69, 9.17) is 33.3 Å². The van der Waals surface area contributed by atoms with Crippen molar-refractivity contribution in [2.75, 3.05) is 11.5 Å². The molecule has 0 aromatic heterocycles. The highest BCUT2D eigenvalue weighted by Crippen LogP contribution is 2.21. The van der Waals surface area contributed by atoms with Crippen LogP contribution >= 0.6 is 11.6 Å². The largest absolute Gasteiger partial charge is 0.478 e. The second-order valence-corrected chi connectivity index (χ2v) is 4.60. The Kier molecular flexibility index (Phi) is 5.86. The van der Waals surface area contributed by atoms with E-state index in [2.05, 4.69) is 0 Å². The maximum absolute atomic E-state index is 12.7. The van der Waals surface area contributed by atoms with Crippen molar-refractivity contribution < 1.29 is 28.6 Å². The van der Waals surface area contributed by atoms with Crippen molar-refractivity contribution in [1.29, 1.82) is 0 Å². The van der Waals surface area contributed by atoms with Gasteiger partial charge in [-0.2, -0.15) is 0 Å². The van der Waals surface area contributed by atoms with Gasteiger partial charge in [-0.05, 0) is 24.3 Å². The molecule has 23 heavy (non-hydrogen) atoms. The maximum Gasteiger partial charge on any atom is 0.337 e. The standard InChI is InChI=1S/C7H5ClFNO2.C7H6FNO2/c8-3-1-4(7(11)12)6(10)5(9)2-3;8-5-3-1-2-4(6(5)9)7(10)11/h1-2H,10H2,(H,11,12);1-3H,9H2,(H,10,11). The van der Waals surface area contributed by atoms with Crippen molar-refractivity contribution in [3.8, 4) is 0 Å². The molecule has 0 fully saturated rings. The molecular weight excluding hydrogens is 334 g/mol. The van der Waals surface area contributed by atoms with E-state index >= 15 is 0 Å². The molecule has 9 heteroatoms. The monoisotopic (exact) mass is 344 g/mol. The molecule has 2 aromatic carbocycles. The van der Waals surface area contributed by atoms with E-state index in [1.165, 1.54) is 12.1 Å². The van der Waals surface area contributed by atoms with Crippen LogP contribution in [0.25, 0.3) is 0 Å². The van der Waals surface area contributed by atoms with Gasteiger partial charge < -0.3 is 21.7 Å². The lowest BCUT2D eigenvalue weighted by molar-refractivity contribution is 0.0686. The normalized spacial score (nSPS) is 9.70. The average Bonchev–Trinajstić information content (AvgIpc) is 2.46. The summed E-state index contributed by atoms with van der Waals surface area (Å²) in [4.78, 5) is 20.7. The summed E-state index contributed by atoms with van der Waals surface area (Å²) in [5.41, 5.74) is 9.03. The van der Waals surface area contributed by atoms with E-state index < -0.39 is 29.3 Å². The Morgan fingerprint density at radius 1 is 0.913 bits per heavy atom. The number of carboxylic acid groups (broad SMARTS) is 2. The first-order valence-corrected chi connectivity index (χ1v) is 6.28. The molecule has 0 atom stereocenters. The molecule has 6 nitrogen and oxygen atoms in total. The van der Waals surface area contributed by atoms with Crippen molar-refractivity contribution >= 4 is 34.9 Å². The average molecular weight is 345 g/mol. The van der Waals surface area contributed by atoms with Crippen LogP contribution in [0.5, 0.6) is 0 Å².